The molecular weight excluding hydrogens is 236 g/mol. The van der Waals surface area contributed by atoms with E-state index in [1.165, 1.54) is 12.1 Å². The van der Waals surface area contributed by atoms with E-state index in [-0.39, 0.29) is 4.90 Å². The molecule has 1 aliphatic rings. The molecule has 1 aliphatic carbocycles. The molecule has 1 aromatic carbocycles. The van der Waals surface area contributed by atoms with Crippen LogP contribution in [-0.2, 0) is 10.0 Å². The van der Waals surface area contributed by atoms with Crippen LogP contribution in [0.15, 0.2) is 35.2 Å². The fraction of sp³-hybridized carbons (Fsp3) is 0.417. The zero-order valence-corrected chi connectivity index (χ0v) is 10.2. The highest BCUT2D eigenvalue weighted by molar-refractivity contribution is 7.89. The Morgan fingerprint density at radius 1 is 1.18 bits per heavy atom. The van der Waals surface area contributed by atoms with Crippen LogP contribution >= 0.6 is 0 Å². The van der Waals surface area contributed by atoms with E-state index in [0.29, 0.717) is 12.8 Å². The highest BCUT2D eigenvalue weighted by Crippen LogP contribution is 2.30. The lowest BCUT2D eigenvalue weighted by molar-refractivity contribution is 0.485. The minimum Gasteiger partial charge on any atom is -0.207 e. The molecule has 1 aromatic rings. The Morgan fingerprint density at radius 3 is 2.29 bits per heavy atom. The van der Waals surface area contributed by atoms with Gasteiger partial charge in [-0.25, -0.2) is 8.42 Å². The SMILES string of the molecule is N#CC1(NS(=O)(=O)c2ccccc2)CCCC1. The summed E-state index contributed by atoms with van der Waals surface area (Å²) in [4.78, 5) is 0.210. The van der Waals surface area contributed by atoms with Crippen LogP contribution in [0.25, 0.3) is 0 Å². The lowest BCUT2D eigenvalue weighted by Gasteiger charge is -2.21. The summed E-state index contributed by atoms with van der Waals surface area (Å²) in [6.45, 7) is 0. The molecule has 17 heavy (non-hydrogen) atoms. The van der Waals surface area contributed by atoms with Crippen LogP contribution in [0.4, 0.5) is 0 Å². The van der Waals surface area contributed by atoms with Gasteiger partial charge in [-0.3, -0.25) is 0 Å². The molecule has 1 N–H and O–H groups in total. The molecule has 0 amide bonds. The monoisotopic (exact) mass is 250 g/mol. The van der Waals surface area contributed by atoms with E-state index in [0.717, 1.165) is 12.8 Å². The maximum absolute atomic E-state index is 12.1. The van der Waals surface area contributed by atoms with Crippen molar-refractivity contribution in [3.8, 4) is 6.07 Å². The predicted molar refractivity (Wildman–Crippen MR) is 63.6 cm³/mol. The molecule has 0 aromatic heterocycles. The van der Waals surface area contributed by atoms with Gasteiger partial charge in [-0.2, -0.15) is 9.98 Å². The predicted octanol–water partition coefficient (Wildman–Crippen LogP) is 1.80. The summed E-state index contributed by atoms with van der Waals surface area (Å²) in [5.74, 6) is 0. The summed E-state index contributed by atoms with van der Waals surface area (Å²) in [7, 11) is -3.59. The third-order valence-electron chi connectivity index (χ3n) is 3.05. The van der Waals surface area contributed by atoms with Crippen LogP contribution in [0.3, 0.4) is 0 Å². The summed E-state index contributed by atoms with van der Waals surface area (Å²) in [5, 5.41) is 9.15. The molecule has 0 aliphatic heterocycles. The molecule has 5 heteroatoms. The standard InChI is InChI=1S/C12H14N2O2S/c13-10-12(8-4-5-9-12)14-17(15,16)11-6-2-1-3-7-11/h1-3,6-7,14H,4-5,8-9H2. The number of hydrogen-bond acceptors (Lipinski definition) is 3. The topological polar surface area (TPSA) is 70.0 Å². The van der Waals surface area contributed by atoms with Crippen LogP contribution in [0.1, 0.15) is 25.7 Å². The largest absolute Gasteiger partial charge is 0.241 e. The summed E-state index contributed by atoms with van der Waals surface area (Å²) >= 11 is 0. The Labute approximate surface area is 101 Å². The Hall–Kier alpha value is -1.38. The average Bonchev–Trinajstić information content (AvgIpc) is 2.79. The van der Waals surface area contributed by atoms with Crippen molar-refractivity contribution in [2.24, 2.45) is 0 Å². The van der Waals surface area contributed by atoms with Crippen LogP contribution in [0.5, 0.6) is 0 Å². The van der Waals surface area contributed by atoms with E-state index >= 15 is 0 Å². The molecule has 0 saturated heterocycles. The lowest BCUT2D eigenvalue weighted by Crippen LogP contribution is -2.44. The van der Waals surface area contributed by atoms with Crippen molar-refractivity contribution >= 4 is 10.0 Å². The highest BCUT2D eigenvalue weighted by Gasteiger charge is 2.38. The minimum absolute atomic E-state index is 0.210. The second-order valence-corrected chi connectivity index (χ2v) is 6.00. The zero-order valence-electron chi connectivity index (χ0n) is 9.39. The first kappa shape index (κ1) is 12.1. The Kier molecular flexibility index (Phi) is 3.18. The Balaban J connectivity index is 2.27. The fourth-order valence-electron chi connectivity index (χ4n) is 2.13. The van der Waals surface area contributed by atoms with Gasteiger partial charge < -0.3 is 0 Å². The van der Waals surface area contributed by atoms with Gasteiger partial charge in [0.05, 0.1) is 11.0 Å². The first-order chi connectivity index (χ1) is 8.08. The van der Waals surface area contributed by atoms with Gasteiger partial charge in [0.1, 0.15) is 5.54 Å². The second kappa shape index (κ2) is 4.47. The zero-order chi connectivity index (χ0) is 12.4. The van der Waals surface area contributed by atoms with Crippen molar-refractivity contribution in [2.75, 3.05) is 0 Å². The summed E-state index contributed by atoms with van der Waals surface area (Å²) in [6.07, 6.45) is 2.97. The molecule has 0 radical (unpaired) electrons. The number of nitrogens with one attached hydrogen (secondary N) is 1. The van der Waals surface area contributed by atoms with E-state index in [9.17, 15) is 8.42 Å². The molecule has 1 fully saturated rings. The summed E-state index contributed by atoms with van der Waals surface area (Å²) in [6, 6.07) is 10.3. The minimum atomic E-state index is -3.59. The summed E-state index contributed by atoms with van der Waals surface area (Å²) < 4.78 is 26.7. The van der Waals surface area contributed by atoms with Gasteiger partial charge in [-0.15, -0.1) is 0 Å². The van der Waals surface area contributed by atoms with Crippen molar-refractivity contribution in [3.63, 3.8) is 0 Å². The van der Waals surface area contributed by atoms with E-state index in [4.69, 9.17) is 5.26 Å². The maximum atomic E-state index is 12.1. The molecule has 0 atom stereocenters. The van der Waals surface area contributed by atoms with Crippen LogP contribution in [-0.4, -0.2) is 14.0 Å². The third kappa shape index (κ3) is 2.48. The average molecular weight is 250 g/mol. The van der Waals surface area contributed by atoms with E-state index < -0.39 is 15.6 Å². The number of benzene rings is 1. The molecule has 1 saturated carbocycles. The first-order valence-electron chi connectivity index (χ1n) is 5.58. The molecule has 0 heterocycles. The Morgan fingerprint density at radius 2 is 1.76 bits per heavy atom. The number of nitrogens with zero attached hydrogens (tertiary/aromatic N) is 1. The van der Waals surface area contributed by atoms with Gasteiger partial charge in [0, 0.05) is 0 Å². The van der Waals surface area contributed by atoms with Crippen molar-refractivity contribution < 1.29 is 8.42 Å². The second-order valence-electron chi connectivity index (χ2n) is 4.32. The maximum Gasteiger partial charge on any atom is 0.241 e. The van der Waals surface area contributed by atoms with E-state index in [1.54, 1.807) is 18.2 Å². The normalized spacial score (nSPS) is 18.8. The molecule has 2 rings (SSSR count). The van der Waals surface area contributed by atoms with Crippen LogP contribution in [0.2, 0.25) is 0 Å². The third-order valence-corrected chi connectivity index (χ3v) is 4.61. The first-order valence-corrected chi connectivity index (χ1v) is 7.07. The van der Waals surface area contributed by atoms with Crippen molar-refractivity contribution in [2.45, 2.75) is 36.1 Å². The lowest BCUT2D eigenvalue weighted by atomic mass is 10.0. The van der Waals surface area contributed by atoms with E-state index in [1.807, 2.05) is 0 Å². The smallest absolute Gasteiger partial charge is 0.207 e. The highest BCUT2D eigenvalue weighted by atomic mass is 32.2. The van der Waals surface area contributed by atoms with Gasteiger partial charge in [0.25, 0.3) is 0 Å². The number of sulfonamides is 1. The van der Waals surface area contributed by atoms with E-state index in [2.05, 4.69) is 10.8 Å². The molecule has 4 nitrogen and oxygen atoms in total. The molecule has 0 bridgehead atoms. The van der Waals surface area contributed by atoms with Crippen molar-refractivity contribution in [1.29, 1.82) is 5.26 Å². The quantitative estimate of drug-likeness (QED) is 0.889. The van der Waals surface area contributed by atoms with Crippen molar-refractivity contribution in [1.82, 2.24) is 4.72 Å². The van der Waals surface area contributed by atoms with Gasteiger partial charge in [0.15, 0.2) is 0 Å². The number of rotatable bonds is 3. The molecule has 0 spiro atoms. The fourth-order valence-corrected chi connectivity index (χ4v) is 3.53. The van der Waals surface area contributed by atoms with Crippen LogP contribution < -0.4 is 4.72 Å². The van der Waals surface area contributed by atoms with Gasteiger partial charge >= 0.3 is 0 Å². The molecule has 0 unspecified atom stereocenters. The number of hydrogen-bond donors (Lipinski definition) is 1. The molecule has 90 valence electrons. The molecular formula is C12H14N2O2S. The van der Waals surface area contributed by atoms with Gasteiger partial charge in [-0.05, 0) is 25.0 Å². The number of nitriles is 1. The van der Waals surface area contributed by atoms with Crippen molar-refractivity contribution in [3.05, 3.63) is 30.3 Å². The van der Waals surface area contributed by atoms with Gasteiger partial charge in [-0.1, -0.05) is 31.0 Å². The Bertz CT molecular complexity index is 525. The van der Waals surface area contributed by atoms with Crippen LogP contribution in [0, 0.1) is 11.3 Å². The van der Waals surface area contributed by atoms with Gasteiger partial charge in [0.2, 0.25) is 10.0 Å². The summed E-state index contributed by atoms with van der Waals surface area (Å²) in [5.41, 5.74) is -0.908.